The molecule has 0 aliphatic rings. The summed E-state index contributed by atoms with van der Waals surface area (Å²) in [6.45, 7) is -0.345. The maximum atomic E-state index is 12.0. The fraction of sp³-hybridized carbons (Fsp3) is 0.222. The van der Waals surface area contributed by atoms with E-state index in [4.69, 9.17) is 4.74 Å². The molecule has 0 radical (unpaired) electrons. The monoisotopic (exact) mass is 378 g/mol. The second-order valence-electron chi connectivity index (χ2n) is 5.49. The summed E-state index contributed by atoms with van der Waals surface area (Å²) in [5.74, 6) is -0.998. The molecule has 2 aromatic carbocycles. The molecule has 0 N–H and O–H groups in total. The Morgan fingerprint density at radius 3 is 2.04 bits per heavy atom. The number of thioether (sulfide) groups is 1. The first-order chi connectivity index (χ1) is 11.8. The van der Waals surface area contributed by atoms with Crippen molar-refractivity contribution >= 4 is 33.4 Å². The van der Waals surface area contributed by atoms with Crippen LogP contribution in [-0.2, 0) is 20.3 Å². The summed E-state index contributed by atoms with van der Waals surface area (Å²) in [7, 11) is -3.13. The van der Waals surface area contributed by atoms with Crippen LogP contribution in [0.1, 0.15) is 26.3 Å². The molecule has 0 saturated carbocycles. The number of carbonyl (C=O) groups excluding carboxylic acids is 2. The van der Waals surface area contributed by atoms with E-state index in [9.17, 15) is 18.0 Å². The van der Waals surface area contributed by atoms with E-state index in [0.717, 1.165) is 11.2 Å². The number of sulfone groups is 1. The number of ether oxygens (including phenoxy) is 1. The van der Waals surface area contributed by atoms with E-state index >= 15 is 0 Å². The Labute approximate surface area is 151 Å². The van der Waals surface area contributed by atoms with Gasteiger partial charge in [-0.15, -0.1) is 11.8 Å². The number of carbonyl (C=O) groups is 2. The Kier molecular flexibility index (Phi) is 6.39. The summed E-state index contributed by atoms with van der Waals surface area (Å²) >= 11 is 1.57. The molecular formula is C18H18O5S2. The first-order valence-corrected chi connectivity index (χ1v) is 10.7. The van der Waals surface area contributed by atoms with Gasteiger partial charge in [0, 0.05) is 16.7 Å². The highest BCUT2D eigenvalue weighted by atomic mass is 32.2. The van der Waals surface area contributed by atoms with E-state index in [1.807, 2.05) is 18.4 Å². The Bertz CT molecular complexity index is 853. The zero-order valence-electron chi connectivity index (χ0n) is 13.9. The van der Waals surface area contributed by atoms with E-state index in [0.29, 0.717) is 11.1 Å². The Morgan fingerprint density at radius 1 is 0.960 bits per heavy atom. The number of esters is 1. The highest BCUT2D eigenvalue weighted by molar-refractivity contribution is 7.98. The Hall–Kier alpha value is -2.12. The van der Waals surface area contributed by atoms with E-state index in [1.165, 1.54) is 12.1 Å². The van der Waals surface area contributed by atoms with Gasteiger partial charge in [-0.2, -0.15) is 0 Å². The van der Waals surface area contributed by atoms with Gasteiger partial charge in [-0.1, -0.05) is 24.3 Å². The molecule has 0 heterocycles. The first-order valence-electron chi connectivity index (χ1n) is 7.39. The van der Waals surface area contributed by atoms with Crippen LogP contribution in [0.3, 0.4) is 0 Å². The molecule has 0 aromatic heterocycles. The minimum absolute atomic E-state index is 0.0904. The van der Waals surface area contributed by atoms with Crippen LogP contribution in [0, 0.1) is 0 Å². The van der Waals surface area contributed by atoms with Crippen LogP contribution in [0.4, 0.5) is 0 Å². The predicted molar refractivity (Wildman–Crippen MR) is 97.8 cm³/mol. The van der Waals surface area contributed by atoms with E-state index < -0.39 is 15.8 Å². The predicted octanol–water partition coefficient (Wildman–Crippen LogP) is 2.99. The van der Waals surface area contributed by atoms with Gasteiger partial charge in [0.1, 0.15) is 0 Å². The van der Waals surface area contributed by atoms with Crippen molar-refractivity contribution in [3.05, 3.63) is 65.2 Å². The molecule has 0 saturated heterocycles. The zero-order valence-corrected chi connectivity index (χ0v) is 15.5. The zero-order chi connectivity index (χ0) is 18.4. The molecular weight excluding hydrogens is 360 g/mol. The van der Waals surface area contributed by atoms with E-state index in [-0.39, 0.29) is 23.7 Å². The fourth-order valence-corrected chi connectivity index (χ4v) is 3.32. The molecule has 0 aliphatic heterocycles. The quantitative estimate of drug-likeness (QED) is 0.419. The van der Waals surface area contributed by atoms with Crippen LogP contribution in [0.25, 0.3) is 0 Å². The van der Waals surface area contributed by atoms with Crippen LogP contribution in [0.5, 0.6) is 0 Å². The van der Waals surface area contributed by atoms with Gasteiger partial charge < -0.3 is 4.74 Å². The van der Waals surface area contributed by atoms with Gasteiger partial charge >= 0.3 is 5.97 Å². The second kappa shape index (κ2) is 8.31. The van der Waals surface area contributed by atoms with Crippen molar-refractivity contribution in [2.24, 2.45) is 0 Å². The Balaban J connectivity index is 1.94. The highest BCUT2D eigenvalue weighted by Gasteiger charge is 2.12. The number of rotatable bonds is 7. The van der Waals surface area contributed by atoms with Crippen LogP contribution in [0.2, 0.25) is 0 Å². The lowest BCUT2D eigenvalue weighted by atomic mass is 10.1. The lowest BCUT2D eigenvalue weighted by molar-refractivity contribution is 0.0474. The third-order valence-electron chi connectivity index (χ3n) is 3.36. The van der Waals surface area contributed by atoms with Crippen LogP contribution in [-0.4, -0.2) is 39.3 Å². The third kappa shape index (κ3) is 6.03. The van der Waals surface area contributed by atoms with Crippen LogP contribution < -0.4 is 0 Å². The molecule has 0 unspecified atom stereocenters. The smallest absolute Gasteiger partial charge is 0.338 e. The van der Waals surface area contributed by atoms with Crippen LogP contribution >= 0.6 is 11.8 Å². The summed E-state index contributed by atoms with van der Waals surface area (Å²) < 4.78 is 27.5. The lowest BCUT2D eigenvalue weighted by Gasteiger charge is -2.06. The van der Waals surface area contributed by atoms with Crippen molar-refractivity contribution in [3.63, 3.8) is 0 Å². The summed E-state index contributed by atoms with van der Waals surface area (Å²) in [5, 5.41) is 0. The molecule has 0 amide bonds. The standard InChI is InChI=1S/C18H18O5S2/c1-24-16-9-7-14(8-10-16)17(19)11-23-18(20)15-5-3-13(4-6-15)12-25(2,21)22/h3-10H,11-12H2,1-2H3. The normalized spacial score (nSPS) is 11.1. The molecule has 7 heteroatoms. The first kappa shape index (κ1) is 19.2. The molecule has 5 nitrogen and oxygen atoms in total. The minimum atomic E-state index is -3.13. The second-order valence-corrected chi connectivity index (χ2v) is 8.51. The number of hydrogen-bond donors (Lipinski definition) is 0. The van der Waals surface area contributed by atoms with Crippen molar-refractivity contribution in [3.8, 4) is 0 Å². The average Bonchev–Trinajstić information content (AvgIpc) is 2.58. The lowest BCUT2D eigenvalue weighted by Crippen LogP contribution is -2.14. The fourth-order valence-electron chi connectivity index (χ4n) is 2.11. The van der Waals surface area contributed by atoms with Gasteiger partial charge in [-0.25, -0.2) is 13.2 Å². The largest absolute Gasteiger partial charge is 0.454 e. The van der Waals surface area contributed by atoms with Gasteiger partial charge in [-0.3, -0.25) is 4.79 Å². The summed E-state index contributed by atoms with van der Waals surface area (Å²) in [6, 6.07) is 13.1. The molecule has 0 aliphatic carbocycles. The van der Waals surface area contributed by atoms with E-state index in [2.05, 4.69) is 0 Å². The van der Waals surface area contributed by atoms with Gasteiger partial charge in [0.2, 0.25) is 0 Å². The molecule has 2 rings (SSSR count). The Morgan fingerprint density at radius 2 is 1.52 bits per heavy atom. The summed E-state index contributed by atoms with van der Waals surface area (Å²) in [6.07, 6.45) is 3.09. The van der Waals surface area contributed by atoms with Crippen molar-refractivity contribution < 1.29 is 22.7 Å². The minimum Gasteiger partial charge on any atom is -0.454 e. The van der Waals surface area contributed by atoms with Crippen molar-refractivity contribution in [1.29, 1.82) is 0 Å². The van der Waals surface area contributed by atoms with Gasteiger partial charge in [0.25, 0.3) is 0 Å². The maximum absolute atomic E-state index is 12.0. The van der Waals surface area contributed by atoms with Crippen LogP contribution in [0.15, 0.2) is 53.4 Å². The van der Waals surface area contributed by atoms with Crippen molar-refractivity contribution in [2.75, 3.05) is 19.1 Å². The number of ketones is 1. The average molecular weight is 378 g/mol. The van der Waals surface area contributed by atoms with Crippen molar-refractivity contribution in [2.45, 2.75) is 10.6 Å². The molecule has 2 aromatic rings. The van der Waals surface area contributed by atoms with Gasteiger partial charge in [0.05, 0.1) is 11.3 Å². The van der Waals surface area contributed by atoms with Gasteiger partial charge in [0.15, 0.2) is 22.2 Å². The van der Waals surface area contributed by atoms with E-state index in [1.54, 1.807) is 36.0 Å². The van der Waals surface area contributed by atoms with Crippen molar-refractivity contribution in [1.82, 2.24) is 0 Å². The number of Topliss-reactive ketones (excluding diaryl/α,β-unsaturated/α-hetero) is 1. The highest BCUT2D eigenvalue weighted by Crippen LogP contribution is 2.15. The molecule has 132 valence electrons. The number of benzene rings is 2. The molecule has 0 fully saturated rings. The molecule has 0 spiro atoms. The molecule has 25 heavy (non-hydrogen) atoms. The topological polar surface area (TPSA) is 77.5 Å². The summed E-state index contributed by atoms with van der Waals surface area (Å²) in [5.41, 5.74) is 1.33. The third-order valence-corrected chi connectivity index (χ3v) is 4.97. The molecule has 0 atom stereocenters. The number of hydrogen-bond acceptors (Lipinski definition) is 6. The SMILES string of the molecule is CSc1ccc(C(=O)COC(=O)c2ccc(CS(C)(=O)=O)cc2)cc1. The summed E-state index contributed by atoms with van der Waals surface area (Å²) in [4.78, 5) is 25.1. The maximum Gasteiger partial charge on any atom is 0.338 e. The van der Waals surface area contributed by atoms with Gasteiger partial charge in [-0.05, 0) is 36.1 Å². The molecule has 0 bridgehead atoms.